The first-order valence-electron chi connectivity index (χ1n) is 24.4. The monoisotopic (exact) mass is 1010 g/mol. The molecule has 0 unspecified atom stereocenters. The number of aryl methyl sites for hydroxylation is 3. The van der Waals surface area contributed by atoms with Crippen molar-refractivity contribution in [1.29, 1.82) is 0 Å². The van der Waals surface area contributed by atoms with E-state index in [0.29, 0.717) is 41.6 Å². The van der Waals surface area contributed by atoms with Gasteiger partial charge in [0.1, 0.15) is 34.8 Å². The normalized spacial score (nSPS) is 20.3. The lowest BCUT2D eigenvalue weighted by atomic mass is 9.85. The second kappa shape index (κ2) is 20.4. The van der Waals surface area contributed by atoms with Crippen molar-refractivity contribution < 1.29 is 24.2 Å². The van der Waals surface area contributed by atoms with Gasteiger partial charge in [0.05, 0.1) is 42.6 Å². The molecule has 18 heteroatoms. The first-order valence-corrected chi connectivity index (χ1v) is 25.6. The van der Waals surface area contributed by atoms with Crippen LogP contribution in [0.3, 0.4) is 0 Å². The molecule has 0 bridgehead atoms. The molecule has 5 heterocycles. The van der Waals surface area contributed by atoms with Crippen molar-refractivity contribution in [1.82, 2.24) is 50.6 Å². The number of aliphatic hydroxyl groups excluding tert-OH is 1. The maximum absolute atomic E-state index is 14.4. The topological polar surface area (TPSA) is 194 Å². The molecular formula is C54H62ClN11O5S. The van der Waals surface area contributed by atoms with E-state index in [-0.39, 0.29) is 55.3 Å². The summed E-state index contributed by atoms with van der Waals surface area (Å²) in [5, 5.41) is 39.1. The maximum Gasteiger partial charge on any atom is 0.246 e. The van der Waals surface area contributed by atoms with Crippen molar-refractivity contribution in [3.63, 3.8) is 0 Å². The van der Waals surface area contributed by atoms with E-state index in [9.17, 15) is 19.5 Å². The minimum atomic E-state index is -0.856. The van der Waals surface area contributed by atoms with E-state index in [1.165, 1.54) is 4.88 Å². The van der Waals surface area contributed by atoms with Crippen molar-refractivity contribution in [2.75, 3.05) is 6.54 Å². The van der Waals surface area contributed by atoms with Crippen LogP contribution in [0.25, 0.3) is 16.3 Å². The quantitative estimate of drug-likeness (QED) is 0.0796. The van der Waals surface area contributed by atoms with Gasteiger partial charge in [-0.1, -0.05) is 92.7 Å². The van der Waals surface area contributed by atoms with Crippen LogP contribution in [-0.2, 0) is 27.9 Å². The molecule has 5 atom stereocenters. The number of aliphatic imine (C=N–C) groups is 1. The van der Waals surface area contributed by atoms with Crippen molar-refractivity contribution in [2.24, 2.45) is 17.5 Å². The number of likely N-dealkylation sites (tertiary alicyclic amines) is 1. The van der Waals surface area contributed by atoms with Gasteiger partial charge in [0.15, 0.2) is 5.82 Å². The van der Waals surface area contributed by atoms with Crippen LogP contribution in [0.4, 0.5) is 0 Å². The lowest BCUT2D eigenvalue weighted by molar-refractivity contribution is -0.140. The number of halogens is 1. The Labute approximate surface area is 428 Å². The Bertz CT molecular complexity index is 3020. The minimum Gasteiger partial charge on any atom is -0.490 e. The summed E-state index contributed by atoms with van der Waals surface area (Å²) in [6.45, 7) is 18.3. The van der Waals surface area contributed by atoms with E-state index in [1.54, 1.807) is 27.1 Å². The lowest BCUT2D eigenvalue weighted by Gasteiger charge is -2.36. The van der Waals surface area contributed by atoms with Crippen molar-refractivity contribution in [3.05, 3.63) is 141 Å². The standard InChI is InChI=1S/C54H62ClN11O5S/c1-29-32(4)72-53-48(29)49(37-16-18-38(55)19-17-37)59-43(51-62-61-33(5)66(51)53)26-47(69)58-39-23-42(24-39)71-41-20-10-34(11-21-41)22-46(68)60-50(54(6,7)8)52(70)65-28-40(67)25-44(65)31(3)57-30(2)35-12-14-36(15-13-35)45-27-56-63-64(45)9/h10-21,27,30,39-40,42-44,50,57,67H,3,22-26,28H2,1-2,4-9H3,(H,58,69)(H,60,68)/t30-,39?,40+,42?,43-,44-,50+/m0/s1. The molecule has 0 spiro atoms. The van der Waals surface area contributed by atoms with Gasteiger partial charge in [-0.2, -0.15) is 0 Å². The smallest absolute Gasteiger partial charge is 0.246 e. The zero-order valence-corrected chi connectivity index (χ0v) is 43.5. The first kappa shape index (κ1) is 50.3. The molecule has 376 valence electrons. The van der Waals surface area contributed by atoms with Crippen molar-refractivity contribution in [3.8, 4) is 22.0 Å². The van der Waals surface area contributed by atoms with Gasteiger partial charge in [-0.25, -0.2) is 4.68 Å². The predicted molar refractivity (Wildman–Crippen MR) is 278 cm³/mol. The highest BCUT2D eigenvalue weighted by molar-refractivity contribution is 7.15. The number of thiophene rings is 1. The van der Waals surface area contributed by atoms with Gasteiger partial charge >= 0.3 is 0 Å². The largest absolute Gasteiger partial charge is 0.490 e. The third kappa shape index (κ3) is 10.6. The number of β-amino-alcohol motifs (C(OH)–C–C–N with tert-alkyl or cyclic N) is 1. The predicted octanol–water partition coefficient (Wildman–Crippen LogP) is 7.61. The number of benzene rings is 3. The van der Waals surface area contributed by atoms with Crippen LogP contribution in [0, 0.1) is 26.2 Å². The molecule has 6 aromatic rings. The number of nitrogens with zero attached hydrogens (tertiary/aromatic N) is 8. The van der Waals surface area contributed by atoms with E-state index in [1.807, 2.05) is 119 Å². The molecule has 3 aromatic carbocycles. The van der Waals surface area contributed by atoms with Gasteiger partial charge in [0, 0.05) is 77.2 Å². The van der Waals surface area contributed by atoms with E-state index in [0.717, 1.165) is 55.6 Å². The first-order chi connectivity index (χ1) is 34.3. The van der Waals surface area contributed by atoms with Crippen LogP contribution in [0.15, 0.2) is 96.3 Å². The molecular weight excluding hydrogens is 950 g/mol. The molecule has 1 aliphatic carbocycles. The summed E-state index contributed by atoms with van der Waals surface area (Å²) in [6, 6.07) is 21.0. The van der Waals surface area contributed by atoms with Gasteiger partial charge in [-0.05, 0) is 74.1 Å². The summed E-state index contributed by atoms with van der Waals surface area (Å²) in [4.78, 5) is 49.7. The zero-order valence-electron chi connectivity index (χ0n) is 41.9. The van der Waals surface area contributed by atoms with Gasteiger partial charge in [0.25, 0.3) is 0 Å². The Kier molecular flexibility index (Phi) is 14.3. The number of ether oxygens (including phenoxy) is 1. The number of nitrogens with one attached hydrogen (secondary N) is 3. The van der Waals surface area contributed by atoms with Gasteiger partial charge in [-0.15, -0.1) is 26.6 Å². The van der Waals surface area contributed by atoms with Gasteiger partial charge in [0.2, 0.25) is 17.7 Å². The van der Waals surface area contributed by atoms with Crippen molar-refractivity contribution >= 4 is 46.4 Å². The second-order valence-corrected chi connectivity index (χ2v) is 22.1. The van der Waals surface area contributed by atoms with Crippen molar-refractivity contribution in [2.45, 2.75) is 123 Å². The highest BCUT2D eigenvalue weighted by Gasteiger charge is 2.43. The van der Waals surface area contributed by atoms with Crippen LogP contribution < -0.4 is 20.7 Å². The minimum absolute atomic E-state index is 0.0565. The number of hydrogen-bond donors (Lipinski definition) is 4. The molecule has 1 saturated carbocycles. The third-order valence-electron chi connectivity index (χ3n) is 14.0. The molecule has 2 fully saturated rings. The summed E-state index contributed by atoms with van der Waals surface area (Å²) in [7, 11) is 1.85. The molecule has 3 aromatic heterocycles. The molecule has 16 nitrogen and oxygen atoms in total. The third-order valence-corrected chi connectivity index (χ3v) is 15.4. The Hall–Kier alpha value is -6.69. The highest BCUT2D eigenvalue weighted by atomic mass is 35.5. The van der Waals surface area contributed by atoms with Gasteiger partial charge < -0.3 is 30.7 Å². The fraction of sp³-hybridized carbons (Fsp3) is 0.407. The van der Waals surface area contributed by atoms with E-state index >= 15 is 0 Å². The van der Waals surface area contributed by atoms with E-state index < -0.39 is 29.6 Å². The molecule has 3 aliphatic rings. The highest BCUT2D eigenvalue weighted by Crippen LogP contribution is 2.40. The SMILES string of the molecule is C=C(N[C@@H](C)c1ccc(-c2cnnn2C)cc1)[C@@H]1C[C@@H](O)CN1C(=O)[C@@H](NC(=O)Cc1ccc(OC2CC(NC(=O)C[C@@H]3N=C(c4ccc(Cl)cc4)c4c(sc(C)c4C)-n4c(C)nnc43)C2)cc1)C(C)(C)C. The number of hydrogen-bond acceptors (Lipinski definition) is 12. The average Bonchev–Trinajstić information content (AvgIpc) is 4.10. The summed E-state index contributed by atoms with van der Waals surface area (Å²) in [6.07, 6.45) is 2.67. The molecule has 0 radical (unpaired) electrons. The van der Waals surface area contributed by atoms with Crippen LogP contribution in [0.2, 0.25) is 5.02 Å². The number of amides is 3. The average molecular weight is 1010 g/mol. The number of aliphatic hydroxyl groups is 1. The molecule has 72 heavy (non-hydrogen) atoms. The summed E-state index contributed by atoms with van der Waals surface area (Å²) in [5.74, 6) is 1.32. The molecule has 2 aliphatic heterocycles. The molecule has 9 rings (SSSR count). The second-order valence-electron chi connectivity index (χ2n) is 20.4. The Balaban J connectivity index is 0.768. The summed E-state index contributed by atoms with van der Waals surface area (Å²) in [5.41, 5.74) is 7.52. The number of aromatic nitrogens is 6. The maximum atomic E-state index is 14.4. The number of fused-ring (bicyclic) bond motifs is 3. The fourth-order valence-electron chi connectivity index (χ4n) is 9.80. The summed E-state index contributed by atoms with van der Waals surface area (Å²) < 4.78 is 10.0. The van der Waals surface area contributed by atoms with E-state index in [2.05, 4.69) is 56.9 Å². The number of carbonyl (C=O) groups excluding carboxylic acids is 3. The van der Waals surface area contributed by atoms with E-state index in [4.69, 9.17) is 21.3 Å². The van der Waals surface area contributed by atoms with Crippen LogP contribution in [0.1, 0.15) is 110 Å². The van der Waals surface area contributed by atoms with Gasteiger partial charge in [-0.3, -0.25) is 23.9 Å². The Morgan fingerprint density at radius 3 is 2.29 bits per heavy atom. The Morgan fingerprint density at radius 1 is 0.931 bits per heavy atom. The number of carbonyl (C=O) groups is 3. The zero-order chi connectivity index (χ0) is 51.2. The van der Waals surface area contributed by atoms with Crippen LogP contribution in [-0.4, -0.2) is 100 Å². The van der Waals surface area contributed by atoms with Crippen LogP contribution >= 0.6 is 22.9 Å². The number of rotatable bonds is 15. The molecule has 4 N–H and O–H groups in total. The van der Waals surface area contributed by atoms with Crippen LogP contribution in [0.5, 0.6) is 5.75 Å². The summed E-state index contributed by atoms with van der Waals surface area (Å²) >= 11 is 7.94. The molecule has 3 amide bonds. The lowest BCUT2D eigenvalue weighted by Crippen LogP contribution is -2.56. The molecule has 1 saturated heterocycles. The fourth-order valence-corrected chi connectivity index (χ4v) is 11.1. The Morgan fingerprint density at radius 2 is 1.62 bits per heavy atom.